The minimum absolute atomic E-state index is 0.0300. The highest BCUT2D eigenvalue weighted by atomic mass is 16.2. The fourth-order valence-corrected chi connectivity index (χ4v) is 3.46. The molecule has 1 aliphatic rings. The largest absolute Gasteiger partial charge is 0.361 e. The third-order valence-corrected chi connectivity index (χ3v) is 4.68. The van der Waals surface area contributed by atoms with Crippen LogP contribution >= 0.6 is 0 Å². The number of aromatic nitrogens is 1. The third-order valence-electron chi connectivity index (χ3n) is 4.68. The zero-order chi connectivity index (χ0) is 15.8. The van der Waals surface area contributed by atoms with E-state index in [2.05, 4.69) is 11.1 Å². The Hall–Kier alpha value is -2.59. The van der Waals surface area contributed by atoms with Crippen molar-refractivity contribution in [2.75, 3.05) is 6.54 Å². The summed E-state index contributed by atoms with van der Waals surface area (Å²) in [6.45, 7) is 1.28. The monoisotopic (exact) mass is 305 g/mol. The van der Waals surface area contributed by atoms with Gasteiger partial charge < -0.3 is 15.6 Å². The van der Waals surface area contributed by atoms with Gasteiger partial charge in [-0.2, -0.15) is 0 Å². The molecule has 1 aromatic heterocycles. The van der Waals surface area contributed by atoms with Crippen molar-refractivity contribution in [1.82, 2.24) is 9.88 Å². The standard InChI is InChI=1S/C19H19N3O/c20-18-16(15-10-21-17-9-5-4-8-14(15)17)12-22(19(18)23)11-13-6-2-1-3-7-13/h1-10,16,18,21H,11-12,20H2/t16-,18-/m1/s1. The molecule has 1 aliphatic heterocycles. The van der Waals surface area contributed by atoms with Crippen molar-refractivity contribution in [2.45, 2.75) is 18.5 Å². The number of fused-ring (bicyclic) bond motifs is 1. The predicted octanol–water partition coefficient (Wildman–Crippen LogP) is 2.62. The van der Waals surface area contributed by atoms with E-state index in [-0.39, 0.29) is 11.8 Å². The summed E-state index contributed by atoms with van der Waals surface area (Å²) in [5.74, 6) is 0.0616. The average molecular weight is 305 g/mol. The fraction of sp³-hybridized carbons (Fsp3) is 0.211. The SMILES string of the molecule is N[C@H]1C(=O)N(Cc2ccccc2)C[C@@H]1c1c[nH]c2ccccc12. The quantitative estimate of drug-likeness (QED) is 0.781. The van der Waals surface area contributed by atoms with Gasteiger partial charge in [0.1, 0.15) is 0 Å². The zero-order valence-electron chi connectivity index (χ0n) is 12.8. The molecular formula is C19H19N3O. The van der Waals surface area contributed by atoms with Gasteiger partial charge in [-0.3, -0.25) is 4.79 Å². The number of amides is 1. The molecule has 0 aliphatic carbocycles. The van der Waals surface area contributed by atoms with Crippen LogP contribution in [-0.2, 0) is 11.3 Å². The number of nitrogens with two attached hydrogens (primary N) is 1. The summed E-state index contributed by atoms with van der Waals surface area (Å²) < 4.78 is 0. The molecule has 4 heteroatoms. The molecule has 23 heavy (non-hydrogen) atoms. The van der Waals surface area contributed by atoms with Crippen molar-refractivity contribution in [3.05, 3.63) is 71.9 Å². The number of likely N-dealkylation sites (tertiary alicyclic amines) is 1. The molecular weight excluding hydrogens is 286 g/mol. The van der Waals surface area contributed by atoms with Gasteiger partial charge in [0, 0.05) is 36.1 Å². The van der Waals surface area contributed by atoms with E-state index in [1.165, 1.54) is 0 Å². The summed E-state index contributed by atoms with van der Waals surface area (Å²) in [5.41, 5.74) is 9.60. The van der Waals surface area contributed by atoms with Gasteiger partial charge in [0.15, 0.2) is 0 Å². The van der Waals surface area contributed by atoms with Crippen LogP contribution in [0.1, 0.15) is 17.0 Å². The second kappa shape index (κ2) is 5.56. The van der Waals surface area contributed by atoms with Gasteiger partial charge in [-0.05, 0) is 17.2 Å². The topological polar surface area (TPSA) is 62.1 Å². The van der Waals surface area contributed by atoms with E-state index in [9.17, 15) is 4.79 Å². The minimum Gasteiger partial charge on any atom is -0.361 e. The molecule has 0 radical (unpaired) electrons. The number of carbonyl (C=O) groups is 1. The highest BCUT2D eigenvalue weighted by molar-refractivity contribution is 5.89. The Kier molecular flexibility index (Phi) is 3.39. The van der Waals surface area contributed by atoms with E-state index in [0.29, 0.717) is 13.1 Å². The Bertz CT molecular complexity index is 840. The number of hydrogen-bond donors (Lipinski definition) is 2. The molecule has 1 amide bonds. The summed E-state index contributed by atoms with van der Waals surface area (Å²) in [6, 6.07) is 17.7. The number of benzene rings is 2. The van der Waals surface area contributed by atoms with Gasteiger partial charge >= 0.3 is 0 Å². The Labute approximate surface area is 134 Å². The lowest BCUT2D eigenvalue weighted by atomic mass is 9.94. The number of rotatable bonds is 3. The van der Waals surface area contributed by atoms with E-state index >= 15 is 0 Å². The number of H-pyrrole nitrogens is 1. The van der Waals surface area contributed by atoms with Crippen LogP contribution in [0.25, 0.3) is 10.9 Å². The van der Waals surface area contributed by atoms with Crippen LogP contribution in [0, 0.1) is 0 Å². The van der Waals surface area contributed by atoms with Crippen LogP contribution < -0.4 is 5.73 Å². The first-order chi connectivity index (χ1) is 11.2. The normalized spacial score (nSPS) is 21.3. The predicted molar refractivity (Wildman–Crippen MR) is 90.9 cm³/mol. The van der Waals surface area contributed by atoms with Crippen LogP contribution in [0.3, 0.4) is 0 Å². The van der Waals surface area contributed by atoms with E-state index in [1.807, 2.05) is 59.6 Å². The van der Waals surface area contributed by atoms with E-state index in [0.717, 1.165) is 22.0 Å². The molecule has 2 aromatic carbocycles. The van der Waals surface area contributed by atoms with Crippen LogP contribution in [0.5, 0.6) is 0 Å². The molecule has 0 unspecified atom stereocenters. The van der Waals surface area contributed by atoms with Crippen molar-refractivity contribution in [3.8, 4) is 0 Å². The van der Waals surface area contributed by atoms with Gasteiger partial charge in [-0.15, -0.1) is 0 Å². The Morgan fingerprint density at radius 3 is 2.65 bits per heavy atom. The van der Waals surface area contributed by atoms with Gasteiger partial charge in [0.05, 0.1) is 6.04 Å². The van der Waals surface area contributed by atoms with Gasteiger partial charge in [0.2, 0.25) is 5.91 Å². The smallest absolute Gasteiger partial charge is 0.240 e. The summed E-state index contributed by atoms with van der Waals surface area (Å²) in [7, 11) is 0. The highest BCUT2D eigenvalue weighted by Gasteiger charge is 2.39. The van der Waals surface area contributed by atoms with E-state index < -0.39 is 6.04 Å². The molecule has 116 valence electrons. The van der Waals surface area contributed by atoms with Crippen LogP contribution in [0.15, 0.2) is 60.8 Å². The number of hydrogen-bond acceptors (Lipinski definition) is 2. The second-order valence-corrected chi connectivity index (χ2v) is 6.13. The number of nitrogens with one attached hydrogen (secondary N) is 1. The molecule has 2 atom stereocenters. The maximum atomic E-state index is 12.5. The first-order valence-electron chi connectivity index (χ1n) is 7.88. The van der Waals surface area contributed by atoms with E-state index in [4.69, 9.17) is 5.73 Å². The minimum atomic E-state index is -0.474. The Morgan fingerprint density at radius 1 is 1.09 bits per heavy atom. The molecule has 3 aromatic rings. The Morgan fingerprint density at radius 2 is 1.83 bits per heavy atom. The maximum absolute atomic E-state index is 12.5. The molecule has 3 N–H and O–H groups in total. The van der Waals surface area contributed by atoms with E-state index in [1.54, 1.807) is 0 Å². The van der Waals surface area contributed by atoms with Crippen molar-refractivity contribution in [1.29, 1.82) is 0 Å². The summed E-state index contributed by atoms with van der Waals surface area (Å²) in [6.07, 6.45) is 1.99. The van der Waals surface area contributed by atoms with Crippen molar-refractivity contribution in [3.63, 3.8) is 0 Å². The molecule has 4 rings (SSSR count). The van der Waals surface area contributed by atoms with Gasteiger partial charge in [0.25, 0.3) is 0 Å². The number of para-hydroxylation sites is 1. The first-order valence-corrected chi connectivity index (χ1v) is 7.88. The summed E-state index contributed by atoms with van der Waals surface area (Å²) in [5, 5.41) is 1.15. The molecule has 4 nitrogen and oxygen atoms in total. The van der Waals surface area contributed by atoms with Crippen LogP contribution in [0.2, 0.25) is 0 Å². The lowest BCUT2D eigenvalue weighted by Gasteiger charge is -2.16. The number of carbonyl (C=O) groups excluding carboxylic acids is 1. The van der Waals surface area contributed by atoms with Crippen molar-refractivity contribution in [2.24, 2.45) is 5.73 Å². The lowest BCUT2D eigenvalue weighted by Crippen LogP contribution is -2.35. The van der Waals surface area contributed by atoms with Gasteiger partial charge in [-0.25, -0.2) is 0 Å². The number of nitrogens with zero attached hydrogens (tertiary/aromatic N) is 1. The molecule has 0 spiro atoms. The summed E-state index contributed by atoms with van der Waals surface area (Å²) in [4.78, 5) is 17.7. The van der Waals surface area contributed by atoms with Crippen LogP contribution in [0.4, 0.5) is 0 Å². The molecule has 0 saturated carbocycles. The van der Waals surface area contributed by atoms with Crippen molar-refractivity contribution < 1.29 is 4.79 Å². The van der Waals surface area contributed by atoms with Crippen molar-refractivity contribution >= 4 is 16.8 Å². The second-order valence-electron chi connectivity index (χ2n) is 6.13. The Balaban J connectivity index is 1.62. The molecule has 1 saturated heterocycles. The third kappa shape index (κ3) is 2.41. The number of aromatic amines is 1. The highest BCUT2D eigenvalue weighted by Crippen LogP contribution is 2.33. The fourth-order valence-electron chi connectivity index (χ4n) is 3.46. The summed E-state index contributed by atoms with van der Waals surface area (Å²) >= 11 is 0. The molecule has 0 bridgehead atoms. The lowest BCUT2D eigenvalue weighted by molar-refractivity contribution is -0.129. The zero-order valence-corrected chi connectivity index (χ0v) is 12.8. The first kappa shape index (κ1) is 14.0. The van der Waals surface area contributed by atoms with Crippen LogP contribution in [-0.4, -0.2) is 28.4 Å². The average Bonchev–Trinajstić information content (AvgIpc) is 3.12. The molecule has 1 fully saturated rings. The van der Waals surface area contributed by atoms with Gasteiger partial charge in [-0.1, -0.05) is 48.5 Å². The molecule has 2 heterocycles. The maximum Gasteiger partial charge on any atom is 0.240 e.